The molecule has 0 fully saturated rings. The van der Waals surface area contributed by atoms with Crippen LogP contribution in [-0.2, 0) is 0 Å². The summed E-state index contributed by atoms with van der Waals surface area (Å²) in [5.74, 6) is 0.651. The Bertz CT molecular complexity index is 819. The smallest absolute Gasteiger partial charge is 0.277 e. The van der Waals surface area contributed by atoms with Crippen LogP contribution in [0.5, 0.6) is 0 Å². The molecule has 2 aromatic carbocycles. The van der Waals surface area contributed by atoms with Crippen LogP contribution in [0.15, 0.2) is 62.6 Å². The molecule has 0 aliphatic heterocycles. The van der Waals surface area contributed by atoms with E-state index in [0.717, 1.165) is 10.0 Å². The summed E-state index contributed by atoms with van der Waals surface area (Å²) in [5.41, 5.74) is 1.44. The van der Waals surface area contributed by atoms with Crippen LogP contribution >= 0.6 is 39.3 Å². The van der Waals surface area contributed by atoms with Gasteiger partial charge in [0.05, 0.1) is 5.75 Å². The van der Waals surface area contributed by atoms with E-state index in [-0.39, 0.29) is 11.5 Å². The number of carbonyl (C=O) groups is 1. The Morgan fingerprint density at radius 1 is 1.09 bits per heavy atom. The zero-order valence-corrected chi connectivity index (χ0v) is 14.9. The third-order valence-corrected chi connectivity index (χ3v) is 4.59. The number of Topliss-reactive ketones (excluding diaryl/α,β-unsaturated/α-hetero) is 1. The number of hydrogen-bond acceptors (Lipinski definition) is 5. The summed E-state index contributed by atoms with van der Waals surface area (Å²) in [4.78, 5) is 12.1. The first-order valence-corrected chi connectivity index (χ1v) is 8.78. The van der Waals surface area contributed by atoms with E-state index in [2.05, 4.69) is 26.1 Å². The van der Waals surface area contributed by atoms with Gasteiger partial charge in [-0.1, -0.05) is 51.4 Å². The molecule has 23 heavy (non-hydrogen) atoms. The van der Waals surface area contributed by atoms with Crippen molar-refractivity contribution >= 4 is 45.1 Å². The normalized spacial score (nSPS) is 10.7. The van der Waals surface area contributed by atoms with Crippen molar-refractivity contribution in [1.29, 1.82) is 0 Å². The molecular formula is C16H10BrClN2O2S. The van der Waals surface area contributed by atoms with E-state index in [4.69, 9.17) is 16.0 Å². The molecule has 0 spiro atoms. The summed E-state index contributed by atoms with van der Waals surface area (Å²) in [6, 6.07) is 14.3. The Hall–Kier alpha value is -1.63. The molecule has 7 heteroatoms. The second-order valence-corrected chi connectivity index (χ2v) is 6.88. The van der Waals surface area contributed by atoms with Gasteiger partial charge in [-0.05, 0) is 36.4 Å². The molecule has 0 saturated heterocycles. The third-order valence-electron chi connectivity index (χ3n) is 2.99. The second kappa shape index (κ2) is 7.29. The summed E-state index contributed by atoms with van der Waals surface area (Å²) < 4.78 is 6.49. The number of rotatable bonds is 5. The zero-order chi connectivity index (χ0) is 16.2. The number of carbonyl (C=O) groups excluding carboxylic acids is 1. The lowest BCUT2D eigenvalue weighted by molar-refractivity contribution is 0.102. The van der Waals surface area contributed by atoms with Crippen LogP contribution < -0.4 is 0 Å². The molecule has 3 rings (SSSR count). The average molecular weight is 410 g/mol. The van der Waals surface area contributed by atoms with Gasteiger partial charge in [0.25, 0.3) is 5.22 Å². The van der Waals surface area contributed by atoms with Gasteiger partial charge in [0.1, 0.15) is 0 Å². The summed E-state index contributed by atoms with van der Waals surface area (Å²) in [7, 11) is 0. The molecule has 0 saturated carbocycles. The van der Waals surface area contributed by atoms with Crippen LogP contribution in [0, 0.1) is 0 Å². The molecule has 4 nitrogen and oxygen atoms in total. The average Bonchev–Trinajstić information content (AvgIpc) is 3.03. The fourth-order valence-corrected chi connectivity index (χ4v) is 2.87. The first-order chi connectivity index (χ1) is 11.1. The molecular weight excluding hydrogens is 400 g/mol. The Balaban J connectivity index is 1.64. The van der Waals surface area contributed by atoms with E-state index in [9.17, 15) is 4.79 Å². The number of halogens is 2. The lowest BCUT2D eigenvalue weighted by atomic mass is 10.2. The maximum Gasteiger partial charge on any atom is 0.277 e. The summed E-state index contributed by atoms with van der Waals surface area (Å²) in [6.07, 6.45) is 0. The highest BCUT2D eigenvalue weighted by atomic mass is 79.9. The number of benzene rings is 2. The highest BCUT2D eigenvalue weighted by Crippen LogP contribution is 2.25. The van der Waals surface area contributed by atoms with Crippen LogP contribution in [0.25, 0.3) is 11.5 Å². The van der Waals surface area contributed by atoms with E-state index in [1.54, 1.807) is 36.4 Å². The maximum atomic E-state index is 12.1. The van der Waals surface area contributed by atoms with Gasteiger partial charge in [-0.15, -0.1) is 10.2 Å². The quantitative estimate of drug-likeness (QED) is 0.432. The standard InChI is InChI=1S/C16H10BrClN2O2S/c17-12-5-1-10(2-6-12)14(21)9-23-16-20-19-15(22-16)11-3-7-13(18)8-4-11/h1-8H,9H2. The lowest BCUT2D eigenvalue weighted by Gasteiger charge is -1.99. The fourth-order valence-electron chi connectivity index (χ4n) is 1.82. The van der Waals surface area contributed by atoms with Gasteiger partial charge in [-0.25, -0.2) is 0 Å². The van der Waals surface area contributed by atoms with E-state index in [1.807, 2.05) is 12.1 Å². The SMILES string of the molecule is O=C(CSc1nnc(-c2ccc(Cl)cc2)o1)c1ccc(Br)cc1. The zero-order valence-electron chi connectivity index (χ0n) is 11.7. The van der Waals surface area contributed by atoms with Crippen molar-refractivity contribution in [2.75, 3.05) is 5.75 Å². The molecule has 1 aromatic heterocycles. The second-order valence-electron chi connectivity index (χ2n) is 4.60. The van der Waals surface area contributed by atoms with Gasteiger partial charge in [0.15, 0.2) is 5.78 Å². The summed E-state index contributed by atoms with van der Waals surface area (Å²) in [5, 5.41) is 8.93. The summed E-state index contributed by atoms with van der Waals surface area (Å²) >= 11 is 10.4. The number of ketones is 1. The topological polar surface area (TPSA) is 56.0 Å². The Labute approximate surface area is 150 Å². The molecule has 0 bridgehead atoms. The minimum atomic E-state index is 0.00810. The maximum absolute atomic E-state index is 12.1. The van der Waals surface area contributed by atoms with E-state index in [1.165, 1.54) is 11.8 Å². The fraction of sp³-hybridized carbons (Fsp3) is 0.0625. The lowest BCUT2D eigenvalue weighted by Crippen LogP contribution is -2.01. The minimum absolute atomic E-state index is 0.00810. The van der Waals surface area contributed by atoms with Crippen LogP contribution in [0.1, 0.15) is 10.4 Å². The molecule has 0 atom stereocenters. The predicted octanol–water partition coefficient (Wildman–Crippen LogP) is 5.13. The molecule has 0 aliphatic carbocycles. The molecule has 1 heterocycles. The monoisotopic (exact) mass is 408 g/mol. The number of hydrogen-bond donors (Lipinski definition) is 0. The molecule has 3 aromatic rings. The Morgan fingerprint density at radius 3 is 2.48 bits per heavy atom. The summed E-state index contributed by atoms with van der Waals surface area (Å²) in [6.45, 7) is 0. The molecule has 0 unspecified atom stereocenters. The molecule has 0 radical (unpaired) electrons. The van der Waals surface area contributed by atoms with Gasteiger partial charge in [0.2, 0.25) is 5.89 Å². The molecule has 116 valence electrons. The van der Waals surface area contributed by atoms with Crippen molar-refractivity contribution in [3.05, 3.63) is 63.6 Å². The van der Waals surface area contributed by atoms with Crippen LogP contribution in [0.4, 0.5) is 0 Å². The Morgan fingerprint density at radius 2 is 1.78 bits per heavy atom. The highest BCUT2D eigenvalue weighted by molar-refractivity contribution is 9.10. The Kier molecular flexibility index (Phi) is 5.15. The van der Waals surface area contributed by atoms with Gasteiger partial charge >= 0.3 is 0 Å². The highest BCUT2D eigenvalue weighted by Gasteiger charge is 2.12. The van der Waals surface area contributed by atoms with Gasteiger partial charge < -0.3 is 4.42 Å². The first-order valence-electron chi connectivity index (χ1n) is 6.63. The predicted molar refractivity (Wildman–Crippen MR) is 93.9 cm³/mol. The van der Waals surface area contributed by atoms with E-state index >= 15 is 0 Å². The minimum Gasteiger partial charge on any atom is -0.411 e. The third kappa shape index (κ3) is 4.22. The van der Waals surface area contributed by atoms with E-state index < -0.39 is 0 Å². The van der Waals surface area contributed by atoms with E-state index in [0.29, 0.717) is 21.7 Å². The van der Waals surface area contributed by atoms with Crippen molar-refractivity contribution < 1.29 is 9.21 Å². The number of aromatic nitrogens is 2. The van der Waals surface area contributed by atoms with Gasteiger partial charge in [-0.2, -0.15) is 0 Å². The number of thioether (sulfide) groups is 1. The van der Waals surface area contributed by atoms with Crippen molar-refractivity contribution in [3.8, 4) is 11.5 Å². The van der Waals surface area contributed by atoms with Crippen molar-refractivity contribution in [1.82, 2.24) is 10.2 Å². The van der Waals surface area contributed by atoms with Crippen molar-refractivity contribution in [3.63, 3.8) is 0 Å². The largest absolute Gasteiger partial charge is 0.411 e. The van der Waals surface area contributed by atoms with Crippen molar-refractivity contribution in [2.45, 2.75) is 5.22 Å². The van der Waals surface area contributed by atoms with Crippen molar-refractivity contribution in [2.24, 2.45) is 0 Å². The molecule has 0 aliphatic rings. The molecule has 0 amide bonds. The molecule has 0 N–H and O–H groups in total. The van der Waals surface area contributed by atoms with Crippen LogP contribution in [0.3, 0.4) is 0 Å². The van der Waals surface area contributed by atoms with Crippen LogP contribution in [0.2, 0.25) is 5.02 Å². The number of nitrogens with zero attached hydrogens (tertiary/aromatic N) is 2. The van der Waals surface area contributed by atoms with Gasteiger partial charge in [-0.3, -0.25) is 4.79 Å². The van der Waals surface area contributed by atoms with Crippen LogP contribution in [-0.4, -0.2) is 21.7 Å². The van der Waals surface area contributed by atoms with Gasteiger partial charge in [0, 0.05) is 20.6 Å². The first kappa shape index (κ1) is 16.2.